The van der Waals surface area contributed by atoms with Crippen molar-refractivity contribution in [3.05, 3.63) is 64.0 Å². The predicted molar refractivity (Wildman–Crippen MR) is 101 cm³/mol. The number of nitrogens with zero attached hydrogens (tertiary/aromatic N) is 1. The first-order chi connectivity index (χ1) is 12.8. The number of hydrogen-bond acceptors (Lipinski definition) is 5. The largest absolute Gasteiger partial charge is 0.465 e. The molecular weight excluding hydrogens is 374 g/mol. The first-order valence-electron chi connectivity index (χ1n) is 8.26. The molecule has 0 unspecified atom stereocenters. The number of aryl methyl sites for hydroxylation is 1. The Morgan fingerprint density at radius 2 is 2.04 bits per heavy atom. The standard InChI is InChI=1S/C19H20F2N2O3S/c1-3-26-16(24)11-23(15-9-10-27-18(15)19(22)25)12(2)7-8-13-5-4-6-14(20)17(13)21/h4-6,9-10H,2-3,7-8,11H2,1H3,(H2,22,25). The number of halogens is 2. The molecule has 0 aliphatic heterocycles. The summed E-state index contributed by atoms with van der Waals surface area (Å²) in [7, 11) is 0. The molecule has 0 bridgehead atoms. The Bertz CT molecular complexity index is 851. The molecule has 1 aromatic carbocycles. The lowest BCUT2D eigenvalue weighted by molar-refractivity contribution is -0.141. The van der Waals surface area contributed by atoms with Gasteiger partial charge in [0.25, 0.3) is 5.91 Å². The number of primary amides is 1. The van der Waals surface area contributed by atoms with E-state index in [1.807, 2.05) is 0 Å². The maximum Gasteiger partial charge on any atom is 0.325 e. The fourth-order valence-electron chi connectivity index (χ4n) is 2.56. The zero-order valence-corrected chi connectivity index (χ0v) is 15.7. The third-order valence-corrected chi connectivity index (χ3v) is 4.77. The summed E-state index contributed by atoms with van der Waals surface area (Å²) < 4.78 is 32.2. The fourth-order valence-corrected chi connectivity index (χ4v) is 3.31. The summed E-state index contributed by atoms with van der Waals surface area (Å²) in [5, 5.41) is 1.67. The van der Waals surface area contributed by atoms with Crippen molar-refractivity contribution in [3.8, 4) is 0 Å². The second-order valence-corrected chi connectivity index (χ2v) is 6.59. The molecular formula is C19H20F2N2O3S. The molecule has 0 saturated heterocycles. The van der Waals surface area contributed by atoms with E-state index in [2.05, 4.69) is 6.58 Å². The summed E-state index contributed by atoms with van der Waals surface area (Å²) in [5.41, 5.74) is 6.48. The molecule has 2 rings (SSSR count). The number of hydrogen-bond donors (Lipinski definition) is 1. The smallest absolute Gasteiger partial charge is 0.325 e. The summed E-state index contributed by atoms with van der Waals surface area (Å²) in [4.78, 5) is 25.4. The van der Waals surface area contributed by atoms with Gasteiger partial charge in [0, 0.05) is 5.70 Å². The number of esters is 1. The Labute approximate surface area is 160 Å². The number of carbonyl (C=O) groups excluding carboxylic acids is 2. The molecule has 0 fully saturated rings. The number of allylic oxidation sites excluding steroid dienone is 1. The van der Waals surface area contributed by atoms with E-state index in [0.717, 1.165) is 17.4 Å². The Hall–Kier alpha value is -2.74. The van der Waals surface area contributed by atoms with Crippen LogP contribution in [-0.2, 0) is 16.0 Å². The van der Waals surface area contributed by atoms with Crippen molar-refractivity contribution in [3.63, 3.8) is 0 Å². The highest BCUT2D eigenvalue weighted by molar-refractivity contribution is 7.12. The molecule has 0 radical (unpaired) electrons. The van der Waals surface area contributed by atoms with Gasteiger partial charge in [-0.1, -0.05) is 18.7 Å². The summed E-state index contributed by atoms with van der Waals surface area (Å²) in [5.74, 6) is -2.96. The second-order valence-electron chi connectivity index (χ2n) is 5.67. The molecule has 1 aromatic heterocycles. The lowest BCUT2D eigenvalue weighted by Crippen LogP contribution is -2.31. The molecule has 0 aliphatic rings. The van der Waals surface area contributed by atoms with E-state index in [1.54, 1.807) is 18.4 Å². The van der Waals surface area contributed by atoms with Crippen molar-refractivity contribution in [2.24, 2.45) is 5.73 Å². The molecule has 144 valence electrons. The van der Waals surface area contributed by atoms with Crippen LogP contribution in [0.15, 0.2) is 41.9 Å². The number of rotatable bonds is 9. The van der Waals surface area contributed by atoms with Crippen molar-refractivity contribution in [2.75, 3.05) is 18.1 Å². The van der Waals surface area contributed by atoms with E-state index in [9.17, 15) is 18.4 Å². The molecule has 2 N–H and O–H groups in total. The van der Waals surface area contributed by atoms with E-state index in [0.29, 0.717) is 11.4 Å². The Morgan fingerprint density at radius 1 is 1.30 bits per heavy atom. The van der Waals surface area contributed by atoms with Gasteiger partial charge in [-0.3, -0.25) is 9.59 Å². The highest BCUT2D eigenvalue weighted by Gasteiger charge is 2.22. The van der Waals surface area contributed by atoms with E-state index in [1.165, 1.54) is 17.0 Å². The number of nitrogens with two attached hydrogens (primary N) is 1. The van der Waals surface area contributed by atoms with E-state index >= 15 is 0 Å². The average molecular weight is 394 g/mol. The van der Waals surface area contributed by atoms with Gasteiger partial charge in [0.05, 0.1) is 12.3 Å². The molecule has 0 atom stereocenters. The maximum absolute atomic E-state index is 13.9. The topological polar surface area (TPSA) is 72.6 Å². The predicted octanol–water partition coefficient (Wildman–Crippen LogP) is 3.64. The summed E-state index contributed by atoms with van der Waals surface area (Å²) in [6, 6.07) is 5.61. The molecule has 0 aliphatic carbocycles. The fraction of sp³-hybridized carbons (Fsp3) is 0.263. The van der Waals surface area contributed by atoms with Crippen molar-refractivity contribution in [1.82, 2.24) is 0 Å². The van der Waals surface area contributed by atoms with Gasteiger partial charge in [0.2, 0.25) is 0 Å². The maximum atomic E-state index is 13.9. The van der Waals surface area contributed by atoms with Crippen molar-refractivity contribution in [1.29, 1.82) is 0 Å². The molecule has 0 saturated carbocycles. The monoisotopic (exact) mass is 394 g/mol. The molecule has 27 heavy (non-hydrogen) atoms. The van der Waals surface area contributed by atoms with Crippen LogP contribution in [0.3, 0.4) is 0 Å². The zero-order chi connectivity index (χ0) is 20.0. The number of thiophene rings is 1. The molecule has 0 spiro atoms. The number of carbonyl (C=O) groups is 2. The van der Waals surface area contributed by atoms with Crippen LogP contribution in [0.5, 0.6) is 0 Å². The third kappa shape index (κ3) is 5.13. The van der Waals surface area contributed by atoms with Gasteiger partial charge in [-0.05, 0) is 42.8 Å². The molecule has 8 heteroatoms. The van der Waals surface area contributed by atoms with Gasteiger partial charge in [-0.2, -0.15) is 0 Å². The quantitative estimate of drug-likeness (QED) is 0.659. The minimum atomic E-state index is -0.921. The van der Waals surface area contributed by atoms with Crippen molar-refractivity contribution in [2.45, 2.75) is 19.8 Å². The minimum Gasteiger partial charge on any atom is -0.465 e. The third-order valence-electron chi connectivity index (χ3n) is 3.85. The number of ether oxygens (including phenoxy) is 1. The van der Waals surface area contributed by atoms with Crippen molar-refractivity contribution >= 4 is 28.9 Å². The zero-order valence-electron chi connectivity index (χ0n) is 14.8. The van der Waals surface area contributed by atoms with Crippen LogP contribution in [-0.4, -0.2) is 25.0 Å². The first-order valence-corrected chi connectivity index (χ1v) is 9.14. The molecule has 2 aromatic rings. The van der Waals surface area contributed by atoms with Gasteiger partial charge in [-0.25, -0.2) is 8.78 Å². The van der Waals surface area contributed by atoms with Crippen LogP contribution in [0.4, 0.5) is 14.5 Å². The minimum absolute atomic E-state index is 0.171. The van der Waals surface area contributed by atoms with Crippen LogP contribution in [0, 0.1) is 11.6 Å². The average Bonchev–Trinajstić information content (AvgIpc) is 3.10. The number of benzene rings is 1. The number of amides is 1. The summed E-state index contributed by atoms with van der Waals surface area (Å²) in [6.45, 7) is 5.67. The van der Waals surface area contributed by atoms with E-state index in [4.69, 9.17) is 10.5 Å². The van der Waals surface area contributed by atoms with E-state index in [-0.39, 0.29) is 36.4 Å². The lowest BCUT2D eigenvalue weighted by atomic mass is 10.1. The van der Waals surface area contributed by atoms with Crippen LogP contribution in [0.25, 0.3) is 0 Å². The Morgan fingerprint density at radius 3 is 2.70 bits per heavy atom. The Kier molecular flexibility index (Phi) is 7.06. The van der Waals surface area contributed by atoms with Gasteiger partial charge >= 0.3 is 5.97 Å². The van der Waals surface area contributed by atoms with Crippen LogP contribution >= 0.6 is 11.3 Å². The summed E-state index contributed by atoms with van der Waals surface area (Å²) >= 11 is 1.14. The Balaban J connectivity index is 2.22. The lowest BCUT2D eigenvalue weighted by Gasteiger charge is -2.26. The summed E-state index contributed by atoms with van der Waals surface area (Å²) in [6.07, 6.45) is 0.422. The van der Waals surface area contributed by atoms with Gasteiger partial charge in [-0.15, -0.1) is 11.3 Å². The molecule has 1 heterocycles. The van der Waals surface area contributed by atoms with Gasteiger partial charge in [0.15, 0.2) is 11.6 Å². The highest BCUT2D eigenvalue weighted by atomic mass is 32.1. The van der Waals surface area contributed by atoms with Crippen molar-refractivity contribution < 1.29 is 23.1 Å². The van der Waals surface area contributed by atoms with Crippen LogP contribution < -0.4 is 10.6 Å². The number of anilines is 1. The van der Waals surface area contributed by atoms with Crippen LogP contribution in [0.1, 0.15) is 28.6 Å². The van der Waals surface area contributed by atoms with Gasteiger partial charge in [0.1, 0.15) is 11.4 Å². The van der Waals surface area contributed by atoms with E-state index < -0.39 is 23.5 Å². The first kappa shape index (κ1) is 20.6. The highest BCUT2D eigenvalue weighted by Crippen LogP contribution is 2.30. The SMILES string of the molecule is C=C(CCc1cccc(F)c1F)N(CC(=O)OCC)c1ccsc1C(N)=O. The second kappa shape index (κ2) is 9.27. The normalized spacial score (nSPS) is 10.5. The molecule has 5 nitrogen and oxygen atoms in total. The van der Waals surface area contributed by atoms with Crippen LogP contribution in [0.2, 0.25) is 0 Å². The molecule has 1 amide bonds. The van der Waals surface area contributed by atoms with Gasteiger partial charge < -0.3 is 15.4 Å².